The molecule has 0 aliphatic rings. The summed E-state index contributed by atoms with van der Waals surface area (Å²) < 4.78 is 0. The molecule has 0 radical (unpaired) electrons. The van der Waals surface area contributed by atoms with Gasteiger partial charge in [0.2, 0.25) is 5.96 Å². The number of rotatable bonds is 2. The summed E-state index contributed by atoms with van der Waals surface area (Å²) in [5, 5.41) is 3.02. The topological polar surface area (TPSA) is 36.8 Å². The van der Waals surface area contributed by atoms with Crippen LogP contribution in [0.3, 0.4) is 0 Å². The van der Waals surface area contributed by atoms with Crippen LogP contribution in [0.5, 0.6) is 0 Å². The third-order valence-corrected chi connectivity index (χ3v) is 0.943. The fourth-order valence-electron chi connectivity index (χ4n) is 0.518. The first-order valence-electron chi connectivity index (χ1n) is 3.58. The fourth-order valence-corrected chi connectivity index (χ4v) is 0.518. The Balaban J connectivity index is 3.72. The summed E-state index contributed by atoms with van der Waals surface area (Å²) in [4.78, 5) is 7.99. The lowest BCUT2D eigenvalue weighted by atomic mass is 10.5. The second-order valence-electron chi connectivity index (χ2n) is 1.80. The molecule has 0 aliphatic heterocycles. The average molecular weight is 141 g/mol. The number of hydrogen-bond donors (Lipinski definition) is 1. The molecule has 0 spiro atoms. The zero-order chi connectivity index (χ0) is 7.82. The van der Waals surface area contributed by atoms with Gasteiger partial charge in [-0.2, -0.15) is 0 Å². The number of guanidine groups is 1. The van der Waals surface area contributed by atoms with Crippen molar-refractivity contribution in [3.8, 4) is 0 Å². The van der Waals surface area contributed by atoms with Crippen LogP contribution in [0.4, 0.5) is 0 Å². The minimum Gasteiger partial charge on any atom is -0.355 e. The van der Waals surface area contributed by atoms with Gasteiger partial charge >= 0.3 is 0 Å². The Labute approximate surface area is 62.3 Å². The lowest BCUT2D eigenvalue weighted by Crippen LogP contribution is -2.20. The van der Waals surface area contributed by atoms with Crippen LogP contribution in [-0.2, 0) is 0 Å². The van der Waals surface area contributed by atoms with E-state index in [1.165, 1.54) is 0 Å². The molecule has 0 unspecified atom stereocenters. The summed E-state index contributed by atoms with van der Waals surface area (Å²) >= 11 is 0. The van der Waals surface area contributed by atoms with Crippen molar-refractivity contribution in [2.45, 2.75) is 20.3 Å². The first-order valence-corrected chi connectivity index (χ1v) is 3.58. The molecule has 0 aromatic heterocycles. The summed E-state index contributed by atoms with van der Waals surface area (Å²) in [6, 6.07) is 0. The molecule has 0 atom stereocenters. The normalized spacial score (nSPS) is 12.5. The Bertz CT molecular complexity index is 127. The van der Waals surface area contributed by atoms with Crippen LogP contribution in [0.15, 0.2) is 9.98 Å². The quantitative estimate of drug-likeness (QED) is 0.453. The van der Waals surface area contributed by atoms with Gasteiger partial charge in [-0.15, -0.1) is 0 Å². The van der Waals surface area contributed by atoms with Gasteiger partial charge in [0.05, 0.1) is 0 Å². The molecule has 10 heavy (non-hydrogen) atoms. The van der Waals surface area contributed by atoms with Gasteiger partial charge < -0.3 is 5.32 Å². The van der Waals surface area contributed by atoms with Crippen LogP contribution in [0.1, 0.15) is 20.3 Å². The van der Waals surface area contributed by atoms with E-state index in [-0.39, 0.29) is 0 Å². The van der Waals surface area contributed by atoms with Crippen molar-refractivity contribution in [2.75, 3.05) is 13.6 Å². The van der Waals surface area contributed by atoms with Crippen LogP contribution in [0.25, 0.3) is 0 Å². The summed E-state index contributed by atoms with van der Waals surface area (Å²) in [7, 11) is 1.73. The molecule has 0 amide bonds. The highest BCUT2D eigenvalue weighted by Crippen LogP contribution is 1.75. The Morgan fingerprint density at radius 3 is 2.60 bits per heavy atom. The highest BCUT2D eigenvalue weighted by molar-refractivity contribution is 5.87. The van der Waals surface area contributed by atoms with Gasteiger partial charge in [0, 0.05) is 19.8 Å². The highest BCUT2D eigenvalue weighted by Gasteiger charge is 1.85. The second-order valence-corrected chi connectivity index (χ2v) is 1.80. The van der Waals surface area contributed by atoms with Crippen molar-refractivity contribution in [1.82, 2.24) is 5.32 Å². The smallest absolute Gasteiger partial charge is 0.217 e. The predicted molar refractivity (Wildman–Crippen MR) is 45.8 cm³/mol. The summed E-state index contributed by atoms with van der Waals surface area (Å²) in [6.07, 6.45) is 2.79. The van der Waals surface area contributed by atoms with E-state index in [0.29, 0.717) is 5.96 Å². The zero-order valence-electron chi connectivity index (χ0n) is 6.89. The van der Waals surface area contributed by atoms with E-state index in [2.05, 4.69) is 15.3 Å². The predicted octanol–water partition coefficient (Wildman–Crippen LogP) is 1.06. The molecule has 0 aliphatic carbocycles. The van der Waals surface area contributed by atoms with Gasteiger partial charge in [0.1, 0.15) is 0 Å². The molecule has 58 valence electrons. The van der Waals surface area contributed by atoms with E-state index in [1.54, 1.807) is 7.05 Å². The first kappa shape index (κ1) is 9.14. The average Bonchev–Trinajstić information content (AvgIpc) is 1.98. The minimum atomic E-state index is 0.712. The van der Waals surface area contributed by atoms with Crippen LogP contribution in [0.2, 0.25) is 0 Å². The van der Waals surface area contributed by atoms with Gasteiger partial charge in [-0.05, 0) is 13.3 Å². The molecule has 0 aromatic rings. The van der Waals surface area contributed by atoms with Crippen LogP contribution in [0, 0.1) is 0 Å². The van der Waals surface area contributed by atoms with Gasteiger partial charge in [-0.25, -0.2) is 4.99 Å². The maximum absolute atomic E-state index is 4.06. The van der Waals surface area contributed by atoms with Crippen molar-refractivity contribution >= 4 is 12.2 Å². The molecular formula is C7H15N3. The maximum atomic E-state index is 4.06. The summed E-state index contributed by atoms with van der Waals surface area (Å²) in [6.45, 7) is 4.93. The molecule has 0 aromatic carbocycles. The zero-order valence-corrected chi connectivity index (χ0v) is 6.89. The highest BCUT2D eigenvalue weighted by atomic mass is 15.1. The SMILES string of the molecule is CC/C=N\C(=NC)NCC. The molecule has 0 saturated carbocycles. The van der Waals surface area contributed by atoms with Gasteiger partial charge in [-0.3, -0.25) is 4.99 Å². The molecule has 0 saturated heterocycles. The Kier molecular flexibility index (Phi) is 5.72. The standard InChI is InChI=1S/C7H15N3/c1-4-6-10-7(8-3)9-5-2/h6H,4-5H2,1-3H3,(H,8,9)/b10-6-. The molecular weight excluding hydrogens is 126 g/mol. The number of nitrogens with one attached hydrogen (secondary N) is 1. The molecule has 0 fully saturated rings. The van der Waals surface area contributed by atoms with E-state index in [1.807, 2.05) is 20.1 Å². The van der Waals surface area contributed by atoms with Gasteiger partial charge in [-0.1, -0.05) is 6.92 Å². The Morgan fingerprint density at radius 1 is 1.50 bits per heavy atom. The van der Waals surface area contributed by atoms with E-state index in [4.69, 9.17) is 0 Å². The molecule has 0 heterocycles. The lowest BCUT2D eigenvalue weighted by molar-refractivity contribution is 0.950. The minimum absolute atomic E-state index is 0.712. The third-order valence-electron chi connectivity index (χ3n) is 0.943. The lowest BCUT2D eigenvalue weighted by Gasteiger charge is -1.98. The first-order chi connectivity index (χ1) is 4.85. The molecule has 0 rings (SSSR count). The van der Waals surface area contributed by atoms with E-state index in [0.717, 1.165) is 13.0 Å². The largest absolute Gasteiger partial charge is 0.355 e. The Hall–Kier alpha value is -0.860. The maximum Gasteiger partial charge on any atom is 0.217 e. The van der Waals surface area contributed by atoms with Crippen molar-refractivity contribution in [3.05, 3.63) is 0 Å². The van der Waals surface area contributed by atoms with Crippen molar-refractivity contribution in [3.63, 3.8) is 0 Å². The van der Waals surface area contributed by atoms with Crippen LogP contribution in [-0.4, -0.2) is 25.8 Å². The van der Waals surface area contributed by atoms with Crippen LogP contribution < -0.4 is 5.32 Å². The van der Waals surface area contributed by atoms with Crippen molar-refractivity contribution in [1.29, 1.82) is 0 Å². The van der Waals surface area contributed by atoms with Gasteiger partial charge in [0.25, 0.3) is 0 Å². The van der Waals surface area contributed by atoms with Gasteiger partial charge in [0.15, 0.2) is 0 Å². The third kappa shape index (κ3) is 4.06. The molecule has 3 heteroatoms. The van der Waals surface area contributed by atoms with E-state index >= 15 is 0 Å². The molecule has 1 N–H and O–H groups in total. The Morgan fingerprint density at radius 2 is 2.20 bits per heavy atom. The van der Waals surface area contributed by atoms with Crippen LogP contribution >= 0.6 is 0 Å². The molecule has 3 nitrogen and oxygen atoms in total. The fraction of sp³-hybridized carbons (Fsp3) is 0.714. The van der Waals surface area contributed by atoms with Crippen molar-refractivity contribution in [2.24, 2.45) is 9.98 Å². The summed E-state index contributed by atoms with van der Waals surface area (Å²) in [5.41, 5.74) is 0. The monoisotopic (exact) mass is 141 g/mol. The van der Waals surface area contributed by atoms with E-state index in [9.17, 15) is 0 Å². The molecule has 0 bridgehead atoms. The number of aliphatic imine (C=N–C) groups is 2. The number of nitrogens with zero attached hydrogens (tertiary/aromatic N) is 2. The van der Waals surface area contributed by atoms with Crippen molar-refractivity contribution < 1.29 is 0 Å². The second kappa shape index (κ2) is 6.26. The van der Waals surface area contributed by atoms with E-state index < -0.39 is 0 Å². The number of hydrogen-bond acceptors (Lipinski definition) is 1. The summed E-state index contributed by atoms with van der Waals surface area (Å²) in [5.74, 6) is 0.712.